The number of anilines is 1. The molecule has 0 spiro atoms. The van der Waals surface area contributed by atoms with Gasteiger partial charge >= 0.3 is 0 Å². The minimum atomic E-state index is 0.0716. The lowest BCUT2D eigenvalue weighted by Gasteiger charge is -2.39. The Bertz CT molecular complexity index is 813. The lowest BCUT2D eigenvalue weighted by atomic mass is 9.97. The van der Waals surface area contributed by atoms with E-state index in [1.165, 1.54) is 46.9 Å². The Kier molecular flexibility index (Phi) is 3.47. The van der Waals surface area contributed by atoms with Gasteiger partial charge < -0.3 is 4.90 Å². The van der Waals surface area contributed by atoms with Crippen molar-refractivity contribution in [3.63, 3.8) is 0 Å². The Morgan fingerprint density at radius 1 is 1.08 bits per heavy atom. The maximum Gasteiger partial charge on any atom is 0.267 e. The van der Waals surface area contributed by atoms with Crippen molar-refractivity contribution in [2.45, 2.75) is 51.5 Å². The van der Waals surface area contributed by atoms with Gasteiger partial charge in [-0.05, 0) is 50.5 Å². The average molecular weight is 342 g/mol. The van der Waals surface area contributed by atoms with Gasteiger partial charge in [0, 0.05) is 30.0 Å². The van der Waals surface area contributed by atoms with E-state index in [0.717, 1.165) is 44.6 Å². The van der Waals surface area contributed by atoms with Crippen LogP contribution in [0.1, 0.15) is 41.1 Å². The van der Waals surface area contributed by atoms with Crippen LogP contribution in [-0.2, 0) is 32.2 Å². The molecule has 2 aromatic heterocycles. The van der Waals surface area contributed by atoms with E-state index >= 15 is 0 Å². The molecule has 6 heteroatoms. The second-order valence-electron chi connectivity index (χ2n) is 7.33. The van der Waals surface area contributed by atoms with Crippen LogP contribution in [0.15, 0.2) is 10.9 Å². The standard InChI is InChI=1S/C18H22N4OS/c23-17-8-13-4-1-2-5-14(13)20-22(17)11-12-9-21(10-12)18-19-15-6-3-7-16(15)24-18/h8,12H,1-7,9-11H2. The molecular formula is C18H22N4OS. The van der Waals surface area contributed by atoms with Crippen LogP contribution in [0.3, 0.4) is 0 Å². The number of hydrogen-bond acceptors (Lipinski definition) is 5. The molecule has 5 rings (SSSR count). The first-order valence-corrected chi connectivity index (χ1v) is 9.91. The van der Waals surface area contributed by atoms with E-state index in [9.17, 15) is 4.79 Å². The largest absolute Gasteiger partial charge is 0.347 e. The molecule has 3 heterocycles. The first-order valence-electron chi connectivity index (χ1n) is 9.10. The van der Waals surface area contributed by atoms with Crippen LogP contribution in [-0.4, -0.2) is 27.9 Å². The predicted molar refractivity (Wildman–Crippen MR) is 95.0 cm³/mol. The van der Waals surface area contributed by atoms with Crippen LogP contribution in [0.4, 0.5) is 5.13 Å². The maximum atomic E-state index is 12.3. The Morgan fingerprint density at radius 2 is 1.92 bits per heavy atom. The fourth-order valence-electron chi connectivity index (χ4n) is 4.13. The summed E-state index contributed by atoms with van der Waals surface area (Å²) in [6.45, 7) is 2.74. The van der Waals surface area contributed by atoms with Gasteiger partial charge in [0.05, 0.1) is 17.9 Å². The fraction of sp³-hybridized carbons (Fsp3) is 0.611. The number of aromatic nitrogens is 3. The molecule has 1 fully saturated rings. The predicted octanol–water partition coefficient (Wildman–Crippen LogP) is 2.20. The van der Waals surface area contributed by atoms with E-state index in [0.29, 0.717) is 5.92 Å². The van der Waals surface area contributed by atoms with Crippen molar-refractivity contribution in [2.75, 3.05) is 18.0 Å². The van der Waals surface area contributed by atoms with Gasteiger partial charge in [-0.1, -0.05) is 0 Å². The van der Waals surface area contributed by atoms with Gasteiger partial charge in [-0.3, -0.25) is 4.79 Å². The normalized spacial score (nSPS) is 19.9. The topological polar surface area (TPSA) is 51.0 Å². The average Bonchev–Trinajstić information content (AvgIpc) is 3.12. The summed E-state index contributed by atoms with van der Waals surface area (Å²) in [6, 6.07) is 1.82. The summed E-state index contributed by atoms with van der Waals surface area (Å²) in [6.07, 6.45) is 8.05. The van der Waals surface area contributed by atoms with Gasteiger partial charge in [-0.25, -0.2) is 9.67 Å². The van der Waals surface area contributed by atoms with Crippen LogP contribution < -0.4 is 10.5 Å². The molecule has 126 valence electrons. The van der Waals surface area contributed by atoms with Gasteiger partial charge in [0.1, 0.15) is 0 Å². The van der Waals surface area contributed by atoms with Crippen LogP contribution in [0.25, 0.3) is 0 Å². The molecular weight excluding hydrogens is 320 g/mol. The Hall–Kier alpha value is -1.69. The van der Waals surface area contributed by atoms with Crippen molar-refractivity contribution in [1.29, 1.82) is 0 Å². The monoisotopic (exact) mass is 342 g/mol. The third-order valence-electron chi connectivity index (χ3n) is 5.52. The van der Waals surface area contributed by atoms with Gasteiger partial charge in [0.15, 0.2) is 5.13 Å². The number of hydrogen-bond donors (Lipinski definition) is 0. The van der Waals surface area contributed by atoms with Gasteiger partial charge in [-0.2, -0.15) is 5.10 Å². The molecule has 0 radical (unpaired) electrons. The minimum absolute atomic E-state index is 0.0716. The van der Waals surface area contributed by atoms with Crippen LogP contribution in [0, 0.1) is 5.92 Å². The zero-order valence-electron chi connectivity index (χ0n) is 13.8. The smallest absolute Gasteiger partial charge is 0.267 e. The molecule has 24 heavy (non-hydrogen) atoms. The molecule has 0 saturated carbocycles. The molecule has 1 aliphatic heterocycles. The Labute approximate surface area is 145 Å². The molecule has 2 aromatic rings. The highest BCUT2D eigenvalue weighted by Gasteiger charge is 2.31. The van der Waals surface area contributed by atoms with Gasteiger partial charge in [-0.15, -0.1) is 11.3 Å². The number of aryl methyl sites for hydroxylation is 4. The van der Waals surface area contributed by atoms with E-state index in [1.54, 1.807) is 4.68 Å². The van der Waals surface area contributed by atoms with Crippen molar-refractivity contribution in [3.8, 4) is 0 Å². The Balaban J connectivity index is 1.26. The van der Waals surface area contributed by atoms with E-state index < -0.39 is 0 Å². The summed E-state index contributed by atoms with van der Waals surface area (Å²) < 4.78 is 1.70. The molecule has 0 aromatic carbocycles. The van der Waals surface area contributed by atoms with E-state index in [1.807, 2.05) is 17.4 Å². The summed E-state index contributed by atoms with van der Waals surface area (Å²) in [5, 5.41) is 5.83. The van der Waals surface area contributed by atoms with E-state index in [2.05, 4.69) is 10.00 Å². The number of fused-ring (bicyclic) bond motifs is 2. The highest BCUT2D eigenvalue weighted by molar-refractivity contribution is 7.15. The number of nitrogens with zero attached hydrogens (tertiary/aromatic N) is 4. The highest BCUT2D eigenvalue weighted by atomic mass is 32.1. The van der Waals surface area contributed by atoms with E-state index in [4.69, 9.17) is 4.98 Å². The molecule has 0 bridgehead atoms. The van der Waals surface area contributed by atoms with Gasteiger partial charge in [0.25, 0.3) is 5.56 Å². The second-order valence-corrected chi connectivity index (χ2v) is 8.40. The second kappa shape index (κ2) is 5.69. The van der Waals surface area contributed by atoms with Crippen LogP contribution in [0.5, 0.6) is 0 Å². The SMILES string of the molecule is O=c1cc2c(nn1CC1CN(c3nc4c(s3)CCC4)C1)CCCC2. The number of thiazole rings is 1. The Morgan fingerprint density at radius 3 is 2.79 bits per heavy atom. The molecule has 1 saturated heterocycles. The van der Waals surface area contributed by atoms with Crippen LogP contribution >= 0.6 is 11.3 Å². The first kappa shape index (κ1) is 14.6. The summed E-state index contributed by atoms with van der Waals surface area (Å²) in [4.78, 5) is 20.9. The first-order chi connectivity index (χ1) is 11.8. The lowest BCUT2D eigenvalue weighted by Crippen LogP contribution is -2.49. The van der Waals surface area contributed by atoms with Crippen molar-refractivity contribution >= 4 is 16.5 Å². The van der Waals surface area contributed by atoms with Crippen molar-refractivity contribution in [2.24, 2.45) is 5.92 Å². The number of rotatable bonds is 3. The molecule has 0 atom stereocenters. The molecule has 0 amide bonds. The lowest BCUT2D eigenvalue weighted by molar-refractivity contribution is 0.331. The zero-order chi connectivity index (χ0) is 16.1. The zero-order valence-corrected chi connectivity index (χ0v) is 14.6. The van der Waals surface area contributed by atoms with E-state index in [-0.39, 0.29) is 5.56 Å². The maximum absolute atomic E-state index is 12.3. The minimum Gasteiger partial charge on any atom is -0.347 e. The van der Waals surface area contributed by atoms with Gasteiger partial charge in [0.2, 0.25) is 0 Å². The molecule has 3 aliphatic rings. The summed E-state index contributed by atoms with van der Waals surface area (Å²) >= 11 is 1.87. The summed E-state index contributed by atoms with van der Waals surface area (Å²) in [7, 11) is 0. The third-order valence-corrected chi connectivity index (χ3v) is 6.74. The summed E-state index contributed by atoms with van der Waals surface area (Å²) in [5.41, 5.74) is 3.72. The highest BCUT2D eigenvalue weighted by Crippen LogP contribution is 2.35. The third kappa shape index (κ3) is 2.48. The molecule has 2 aliphatic carbocycles. The quantitative estimate of drug-likeness (QED) is 0.858. The van der Waals surface area contributed by atoms with Crippen molar-refractivity contribution < 1.29 is 0 Å². The van der Waals surface area contributed by atoms with Crippen molar-refractivity contribution in [3.05, 3.63) is 38.2 Å². The van der Waals surface area contributed by atoms with Crippen molar-refractivity contribution in [1.82, 2.24) is 14.8 Å². The molecule has 0 unspecified atom stereocenters. The molecule has 5 nitrogen and oxygen atoms in total. The fourth-order valence-corrected chi connectivity index (χ4v) is 5.30. The summed E-state index contributed by atoms with van der Waals surface area (Å²) in [5.74, 6) is 0.510. The van der Waals surface area contributed by atoms with Crippen LogP contribution in [0.2, 0.25) is 0 Å². The molecule has 0 N–H and O–H groups in total.